The lowest BCUT2D eigenvalue weighted by atomic mass is 9.78. The molecule has 176 valence electrons. The molecule has 1 aliphatic rings. The molecule has 1 fully saturated rings. The van der Waals surface area contributed by atoms with E-state index in [4.69, 9.17) is 10.9 Å². The molecular weight excluding hydrogens is 424 g/mol. The van der Waals surface area contributed by atoms with Crippen LogP contribution in [0.3, 0.4) is 0 Å². The summed E-state index contributed by atoms with van der Waals surface area (Å²) in [5.74, 6) is -3.60. The number of nitrogens with two attached hydrogens (primary N) is 1. The highest BCUT2D eigenvalue weighted by molar-refractivity contribution is 5.94. The van der Waals surface area contributed by atoms with E-state index in [2.05, 4.69) is 10.6 Å². The predicted octanol–water partition coefficient (Wildman–Crippen LogP) is 1.17. The molecule has 1 aliphatic carbocycles. The minimum atomic E-state index is -0.982. The van der Waals surface area contributed by atoms with E-state index in [1.807, 2.05) is 42.5 Å². The van der Waals surface area contributed by atoms with E-state index in [0.717, 1.165) is 29.2 Å². The molecule has 0 bridgehead atoms. The van der Waals surface area contributed by atoms with Gasteiger partial charge in [0.25, 0.3) is 0 Å². The maximum atomic E-state index is 13.2. The van der Waals surface area contributed by atoms with Crippen molar-refractivity contribution >= 4 is 34.4 Å². The summed E-state index contributed by atoms with van der Waals surface area (Å²) in [4.78, 5) is 49.8. The normalized spacial score (nSPS) is 19.8. The molecule has 0 aliphatic heterocycles. The lowest BCUT2D eigenvalue weighted by molar-refractivity contribution is -0.142. The Morgan fingerprint density at radius 2 is 1.61 bits per heavy atom. The third-order valence-corrected chi connectivity index (χ3v) is 6.27. The van der Waals surface area contributed by atoms with Crippen molar-refractivity contribution in [1.29, 1.82) is 0 Å². The van der Waals surface area contributed by atoms with Crippen molar-refractivity contribution in [2.45, 2.75) is 51.1 Å². The van der Waals surface area contributed by atoms with E-state index >= 15 is 0 Å². The van der Waals surface area contributed by atoms with Crippen molar-refractivity contribution in [2.75, 3.05) is 0 Å². The van der Waals surface area contributed by atoms with E-state index in [-0.39, 0.29) is 6.42 Å². The lowest BCUT2D eigenvalue weighted by Gasteiger charge is -2.30. The third kappa shape index (κ3) is 5.87. The van der Waals surface area contributed by atoms with E-state index in [0.29, 0.717) is 12.8 Å². The lowest BCUT2D eigenvalue weighted by Crippen LogP contribution is -2.55. The summed E-state index contributed by atoms with van der Waals surface area (Å²) in [6.45, 7) is 1.47. The Hall–Kier alpha value is -3.46. The van der Waals surface area contributed by atoms with Crippen LogP contribution in [0.1, 0.15) is 38.2 Å². The summed E-state index contributed by atoms with van der Waals surface area (Å²) in [5.41, 5.74) is 7.79. The fraction of sp³-hybridized carbons (Fsp3) is 0.417. The second-order valence-electron chi connectivity index (χ2n) is 8.51. The molecule has 3 rings (SSSR count). The molecule has 4 atom stereocenters. The van der Waals surface area contributed by atoms with E-state index in [1.54, 1.807) is 5.48 Å². The van der Waals surface area contributed by atoms with Gasteiger partial charge < -0.3 is 16.4 Å². The number of hydroxylamine groups is 1. The first-order chi connectivity index (χ1) is 15.8. The molecule has 4 amide bonds. The molecule has 9 nitrogen and oxygen atoms in total. The number of primary amides is 1. The monoisotopic (exact) mass is 454 g/mol. The van der Waals surface area contributed by atoms with Crippen LogP contribution >= 0.6 is 0 Å². The number of amides is 4. The molecule has 2 aromatic rings. The second-order valence-corrected chi connectivity index (χ2v) is 8.51. The average molecular weight is 455 g/mol. The van der Waals surface area contributed by atoms with Gasteiger partial charge in [-0.05, 0) is 36.1 Å². The molecule has 0 heterocycles. The van der Waals surface area contributed by atoms with E-state index in [9.17, 15) is 19.2 Å². The molecule has 0 aromatic heterocycles. The summed E-state index contributed by atoms with van der Waals surface area (Å²) in [5, 5.41) is 16.4. The van der Waals surface area contributed by atoms with Gasteiger partial charge in [0.05, 0.1) is 5.92 Å². The summed E-state index contributed by atoms with van der Waals surface area (Å²) in [6, 6.07) is 11.5. The van der Waals surface area contributed by atoms with E-state index in [1.165, 1.54) is 6.92 Å². The van der Waals surface area contributed by atoms with Crippen LogP contribution < -0.4 is 21.8 Å². The predicted molar refractivity (Wildman–Crippen MR) is 122 cm³/mol. The molecular formula is C24H30N4O5. The SMILES string of the molecule is C[C@H](NC(=O)C(Cc1cccc2ccccc12)NC(=O)C1CCCCC1C(=O)NO)C(N)=O. The van der Waals surface area contributed by atoms with Gasteiger partial charge in [-0.15, -0.1) is 0 Å². The maximum absolute atomic E-state index is 13.2. The van der Waals surface area contributed by atoms with Crippen LogP contribution in [-0.4, -0.2) is 40.9 Å². The van der Waals surface area contributed by atoms with Crippen molar-refractivity contribution < 1.29 is 24.4 Å². The van der Waals surface area contributed by atoms with Crippen LogP contribution in [0.25, 0.3) is 10.8 Å². The van der Waals surface area contributed by atoms with Crippen molar-refractivity contribution in [1.82, 2.24) is 16.1 Å². The van der Waals surface area contributed by atoms with Gasteiger partial charge in [-0.3, -0.25) is 24.4 Å². The number of rotatable bonds is 8. The number of hydrogen-bond acceptors (Lipinski definition) is 5. The molecule has 2 aromatic carbocycles. The third-order valence-electron chi connectivity index (χ3n) is 6.27. The number of benzene rings is 2. The van der Waals surface area contributed by atoms with Crippen LogP contribution in [0.5, 0.6) is 0 Å². The largest absolute Gasteiger partial charge is 0.368 e. The van der Waals surface area contributed by atoms with Gasteiger partial charge in [-0.1, -0.05) is 55.3 Å². The Balaban J connectivity index is 1.86. The number of hydrogen-bond donors (Lipinski definition) is 5. The van der Waals surface area contributed by atoms with Crippen LogP contribution in [0, 0.1) is 11.8 Å². The van der Waals surface area contributed by atoms with Crippen LogP contribution in [-0.2, 0) is 25.6 Å². The van der Waals surface area contributed by atoms with Gasteiger partial charge in [0.15, 0.2) is 0 Å². The summed E-state index contributed by atoms with van der Waals surface area (Å²) < 4.78 is 0. The summed E-state index contributed by atoms with van der Waals surface area (Å²) in [6.07, 6.45) is 2.69. The Bertz CT molecular complexity index is 1040. The Morgan fingerprint density at radius 1 is 0.970 bits per heavy atom. The topological polar surface area (TPSA) is 151 Å². The first-order valence-corrected chi connectivity index (χ1v) is 11.1. The average Bonchev–Trinajstić information content (AvgIpc) is 2.83. The number of carbonyl (C=O) groups excluding carboxylic acids is 4. The molecule has 9 heteroatoms. The van der Waals surface area contributed by atoms with Gasteiger partial charge in [-0.25, -0.2) is 5.48 Å². The highest BCUT2D eigenvalue weighted by Crippen LogP contribution is 2.30. The van der Waals surface area contributed by atoms with Gasteiger partial charge in [-0.2, -0.15) is 0 Å². The van der Waals surface area contributed by atoms with Crippen LogP contribution in [0.15, 0.2) is 42.5 Å². The standard InChI is InChI=1S/C24H30N4O5/c1-14(21(25)29)26-24(32)20(13-16-9-6-8-15-7-2-3-10-17(15)16)27-22(30)18-11-4-5-12-19(18)23(31)28-33/h2-3,6-10,14,18-20,33H,4-5,11-13H2,1H3,(H2,25,29)(H,26,32)(H,27,30)(H,28,31)/t14-,18?,19?,20?/m0/s1. The minimum Gasteiger partial charge on any atom is -0.368 e. The van der Waals surface area contributed by atoms with E-state index < -0.39 is 47.5 Å². The molecule has 0 spiro atoms. The number of fused-ring (bicyclic) bond motifs is 1. The maximum Gasteiger partial charge on any atom is 0.247 e. The van der Waals surface area contributed by atoms with Gasteiger partial charge in [0, 0.05) is 12.3 Å². The minimum absolute atomic E-state index is 0.188. The number of carbonyl (C=O) groups is 4. The first-order valence-electron chi connectivity index (χ1n) is 11.1. The van der Waals surface area contributed by atoms with Crippen molar-refractivity contribution in [3.63, 3.8) is 0 Å². The molecule has 3 unspecified atom stereocenters. The zero-order valence-electron chi connectivity index (χ0n) is 18.5. The fourth-order valence-electron chi connectivity index (χ4n) is 4.40. The second kappa shape index (κ2) is 10.9. The highest BCUT2D eigenvalue weighted by atomic mass is 16.5. The van der Waals surface area contributed by atoms with Crippen LogP contribution in [0.4, 0.5) is 0 Å². The summed E-state index contributed by atoms with van der Waals surface area (Å²) in [7, 11) is 0. The van der Waals surface area contributed by atoms with Crippen molar-refractivity contribution in [3.05, 3.63) is 48.0 Å². The first kappa shape index (κ1) is 24.2. The van der Waals surface area contributed by atoms with Gasteiger partial charge in [0.1, 0.15) is 12.1 Å². The quantitative estimate of drug-likeness (QED) is 0.300. The Morgan fingerprint density at radius 3 is 2.27 bits per heavy atom. The Labute approximate surface area is 192 Å². The van der Waals surface area contributed by atoms with Crippen LogP contribution in [0.2, 0.25) is 0 Å². The molecule has 0 saturated heterocycles. The Kier molecular flexibility index (Phi) is 8.00. The zero-order chi connectivity index (χ0) is 24.0. The molecule has 6 N–H and O–H groups in total. The van der Waals surface area contributed by atoms with Crippen molar-refractivity contribution in [2.24, 2.45) is 17.6 Å². The molecule has 1 saturated carbocycles. The smallest absolute Gasteiger partial charge is 0.247 e. The zero-order valence-corrected chi connectivity index (χ0v) is 18.5. The summed E-state index contributed by atoms with van der Waals surface area (Å²) >= 11 is 0. The fourth-order valence-corrected chi connectivity index (χ4v) is 4.40. The number of nitrogens with one attached hydrogen (secondary N) is 3. The molecule has 0 radical (unpaired) electrons. The highest BCUT2D eigenvalue weighted by Gasteiger charge is 2.37. The van der Waals surface area contributed by atoms with Crippen molar-refractivity contribution in [3.8, 4) is 0 Å². The van der Waals surface area contributed by atoms with Gasteiger partial charge >= 0.3 is 0 Å². The molecule has 33 heavy (non-hydrogen) atoms. The van der Waals surface area contributed by atoms with Gasteiger partial charge in [0.2, 0.25) is 23.6 Å².